The van der Waals surface area contributed by atoms with E-state index in [4.69, 9.17) is 5.53 Å². The smallest absolute Gasteiger partial charge is 0.436 e. The van der Waals surface area contributed by atoms with E-state index in [1.807, 2.05) is 0 Å². The van der Waals surface area contributed by atoms with E-state index in [0.29, 0.717) is 5.82 Å². The molecule has 0 aliphatic rings. The molecule has 0 fully saturated rings. The number of rotatable bonds is 2. The van der Waals surface area contributed by atoms with Gasteiger partial charge in [-0.05, 0) is 18.5 Å². The molecule has 0 bridgehead atoms. The molecule has 0 amide bonds. The molecular weight excluding hydrogens is 192 g/mol. The number of ether oxygens (including phenoxy) is 1. The summed E-state index contributed by atoms with van der Waals surface area (Å²) in [7, 11) is 1.20. The number of aromatic nitrogens is 2. The van der Waals surface area contributed by atoms with Crippen LogP contribution in [0.3, 0.4) is 0 Å². The third kappa shape index (κ3) is 1.95. The lowest BCUT2D eigenvalue weighted by atomic mass is 10.4. The third-order valence-electron chi connectivity index (χ3n) is 1.21. The van der Waals surface area contributed by atoms with Gasteiger partial charge in [0.25, 0.3) is 0 Å². The molecule has 0 unspecified atom stereocenters. The van der Waals surface area contributed by atoms with Crippen LogP contribution in [0.4, 0.5) is 0 Å². The van der Waals surface area contributed by atoms with Crippen LogP contribution in [-0.2, 0) is 9.53 Å². The molecule has 13 heavy (non-hydrogen) atoms. The first-order valence-electron chi connectivity index (χ1n) is 3.30. The molecular formula is C6H6N4O2S. The van der Waals surface area contributed by atoms with Crippen LogP contribution in [0.25, 0.3) is 5.53 Å². The van der Waals surface area contributed by atoms with E-state index in [-0.39, 0.29) is 10.7 Å². The van der Waals surface area contributed by atoms with Gasteiger partial charge in [0.2, 0.25) is 5.01 Å². The molecule has 0 atom stereocenters. The van der Waals surface area contributed by atoms with Gasteiger partial charge in [0.05, 0.1) is 7.11 Å². The molecule has 1 heterocycles. The molecule has 1 rings (SSSR count). The molecule has 1 aromatic heterocycles. The zero-order chi connectivity index (χ0) is 9.84. The summed E-state index contributed by atoms with van der Waals surface area (Å²) in [5, 5.41) is 0.242. The summed E-state index contributed by atoms with van der Waals surface area (Å²) in [5.41, 5.74) is 8.29. The number of carbonyl (C=O) groups is 1. The Morgan fingerprint density at radius 1 is 1.69 bits per heavy atom. The minimum absolute atomic E-state index is 0.229. The summed E-state index contributed by atoms with van der Waals surface area (Å²) in [6.07, 6.45) is 0. The minimum atomic E-state index is -0.737. The lowest BCUT2D eigenvalue weighted by Crippen LogP contribution is -2.17. The van der Waals surface area contributed by atoms with Crippen molar-refractivity contribution in [2.24, 2.45) is 0 Å². The topological polar surface area (TPSA) is 88.5 Å². The Bertz CT molecular complexity index is 380. The lowest BCUT2D eigenvalue weighted by Gasteiger charge is -1.88. The highest BCUT2D eigenvalue weighted by atomic mass is 32.1. The van der Waals surface area contributed by atoms with Crippen LogP contribution in [0.1, 0.15) is 10.8 Å². The van der Waals surface area contributed by atoms with Crippen molar-refractivity contribution in [2.45, 2.75) is 6.92 Å². The van der Waals surface area contributed by atoms with Crippen LogP contribution in [-0.4, -0.2) is 32.9 Å². The highest BCUT2D eigenvalue weighted by molar-refractivity contribution is 7.08. The Kier molecular flexibility index (Phi) is 2.84. The highest BCUT2D eigenvalue weighted by Crippen LogP contribution is 2.04. The maximum absolute atomic E-state index is 11.0. The van der Waals surface area contributed by atoms with Crippen LogP contribution in [0, 0.1) is 6.92 Å². The van der Waals surface area contributed by atoms with Crippen LogP contribution >= 0.6 is 11.5 Å². The molecule has 0 saturated carbocycles. The largest absolute Gasteiger partial charge is 0.460 e. The maximum Gasteiger partial charge on any atom is 0.436 e. The molecule has 68 valence electrons. The van der Waals surface area contributed by atoms with Crippen LogP contribution in [0.2, 0.25) is 0 Å². The van der Waals surface area contributed by atoms with E-state index < -0.39 is 5.97 Å². The van der Waals surface area contributed by atoms with E-state index >= 15 is 0 Å². The van der Waals surface area contributed by atoms with E-state index in [2.05, 4.69) is 18.9 Å². The fourth-order valence-corrected chi connectivity index (χ4v) is 1.30. The van der Waals surface area contributed by atoms with Crippen molar-refractivity contribution in [3.05, 3.63) is 16.4 Å². The minimum Gasteiger partial charge on any atom is -0.460 e. The number of esters is 1. The molecule has 6 nitrogen and oxygen atoms in total. The molecule has 0 N–H and O–H groups in total. The molecule has 1 aromatic rings. The predicted molar refractivity (Wildman–Crippen MR) is 44.4 cm³/mol. The Hall–Kier alpha value is -1.59. The first-order valence-corrected chi connectivity index (χ1v) is 4.07. The quantitative estimate of drug-likeness (QED) is 0.290. The van der Waals surface area contributed by atoms with Crippen molar-refractivity contribution >= 4 is 23.2 Å². The number of hydrogen-bond acceptors (Lipinski definition) is 5. The van der Waals surface area contributed by atoms with E-state index in [1.165, 1.54) is 7.11 Å². The molecule has 0 aromatic carbocycles. The second kappa shape index (κ2) is 3.88. The fraction of sp³-hybridized carbons (Fsp3) is 0.333. The average Bonchev–Trinajstić information content (AvgIpc) is 2.53. The van der Waals surface area contributed by atoms with Gasteiger partial charge in [-0.3, -0.25) is 0 Å². The second-order valence-corrected chi connectivity index (χ2v) is 2.84. The van der Waals surface area contributed by atoms with Gasteiger partial charge in [0.1, 0.15) is 5.82 Å². The fourth-order valence-electron chi connectivity index (χ4n) is 0.661. The lowest BCUT2D eigenvalue weighted by molar-refractivity contribution is -0.137. The molecule has 0 aliphatic carbocycles. The Labute approximate surface area is 78.0 Å². The second-order valence-electron chi connectivity index (χ2n) is 2.09. The first-order chi connectivity index (χ1) is 6.19. The first kappa shape index (κ1) is 9.50. The van der Waals surface area contributed by atoms with Gasteiger partial charge >= 0.3 is 11.7 Å². The van der Waals surface area contributed by atoms with Gasteiger partial charge in [0.15, 0.2) is 0 Å². The summed E-state index contributed by atoms with van der Waals surface area (Å²) in [6, 6.07) is 0. The van der Waals surface area contributed by atoms with Crippen LogP contribution in [0.5, 0.6) is 0 Å². The maximum atomic E-state index is 11.0. The van der Waals surface area contributed by atoms with Crippen LogP contribution in [0.15, 0.2) is 0 Å². The van der Waals surface area contributed by atoms with Crippen molar-refractivity contribution in [2.75, 3.05) is 7.11 Å². The van der Waals surface area contributed by atoms with Crippen molar-refractivity contribution < 1.29 is 14.3 Å². The van der Waals surface area contributed by atoms with Crippen molar-refractivity contribution in [3.63, 3.8) is 0 Å². The number of hydrogen-bond donors (Lipinski definition) is 0. The highest BCUT2D eigenvalue weighted by Gasteiger charge is 2.27. The van der Waals surface area contributed by atoms with Crippen LogP contribution < -0.4 is 0 Å². The zero-order valence-corrected chi connectivity index (χ0v) is 7.83. The summed E-state index contributed by atoms with van der Waals surface area (Å²) in [5.74, 6) is -0.219. The summed E-state index contributed by atoms with van der Waals surface area (Å²) >= 11 is 0.973. The average molecular weight is 198 g/mol. The number of carbonyl (C=O) groups excluding carboxylic acids is 1. The molecule has 0 spiro atoms. The van der Waals surface area contributed by atoms with Gasteiger partial charge in [-0.1, -0.05) is 0 Å². The zero-order valence-electron chi connectivity index (χ0n) is 7.01. The SMILES string of the molecule is COC(=O)C(=[N+]=[N-])c1nc(C)ns1. The summed E-state index contributed by atoms with van der Waals surface area (Å²) < 4.78 is 8.21. The number of nitrogens with zero attached hydrogens (tertiary/aromatic N) is 4. The van der Waals surface area contributed by atoms with Crippen molar-refractivity contribution in [1.29, 1.82) is 0 Å². The molecule has 0 radical (unpaired) electrons. The normalized spacial score (nSPS) is 9.08. The number of methoxy groups -OCH3 is 1. The van der Waals surface area contributed by atoms with Gasteiger partial charge in [-0.2, -0.15) is 9.16 Å². The molecule has 7 heteroatoms. The standard InChI is InChI=1S/C6H6N4O2S/c1-3-8-5(13-10-3)4(9-7)6(11)12-2/h1-2H3. The Morgan fingerprint density at radius 2 is 2.38 bits per heavy atom. The Balaban J connectivity index is 3.06. The van der Waals surface area contributed by atoms with E-state index in [1.54, 1.807) is 6.92 Å². The van der Waals surface area contributed by atoms with Gasteiger partial charge in [0, 0.05) is 0 Å². The third-order valence-corrected chi connectivity index (χ3v) is 2.02. The molecule has 0 saturated heterocycles. The van der Waals surface area contributed by atoms with E-state index in [0.717, 1.165) is 11.5 Å². The monoisotopic (exact) mass is 198 g/mol. The van der Waals surface area contributed by atoms with Gasteiger partial charge in [-0.15, -0.1) is 0 Å². The molecule has 0 aliphatic heterocycles. The van der Waals surface area contributed by atoms with Gasteiger partial charge in [-0.25, -0.2) is 9.78 Å². The van der Waals surface area contributed by atoms with Crippen molar-refractivity contribution in [3.8, 4) is 0 Å². The van der Waals surface area contributed by atoms with Crippen molar-refractivity contribution in [1.82, 2.24) is 9.36 Å². The van der Waals surface area contributed by atoms with E-state index in [9.17, 15) is 4.79 Å². The van der Waals surface area contributed by atoms with Gasteiger partial charge < -0.3 is 10.3 Å². The summed E-state index contributed by atoms with van der Waals surface area (Å²) in [4.78, 5) is 17.6. The number of aryl methyl sites for hydroxylation is 1. The predicted octanol–water partition coefficient (Wildman–Crippen LogP) is 0.0384. The summed E-state index contributed by atoms with van der Waals surface area (Å²) in [6.45, 7) is 1.67. The Morgan fingerprint density at radius 3 is 2.77 bits per heavy atom.